The average molecular weight is 286 g/mol. The lowest BCUT2D eigenvalue weighted by atomic mass is 10.2. The molecule has 0 spiro atoms. The Bertz CT molecular complexity index is 661. The Kier molecular flexibility index (Phi) is 4.03. The first-order valence-corrected chi connectivity index (χ1v) is 6.99. The zero-order valence-corrected chi connectivity index (χ0v) is 11.7. The quantitative estimate of drug-likeness (QED) is 0.923. The van der Waals surface area contributed by atoms with Crippen molar-refractivity contribution in [3.8, 4) is 5.75 Å². The molecular weight excluding hydrogens is 268 g/mol. The highest BCUT2D eigenvalue weighted by Crippen LogP contribution is 2.15. The number of aromatic nitrogens is 1. The van der Waals surface area contributed by atoms with Gasteiger partial charge >= 0.3 is 0 Å². The Balaban J connectivity index is 1.81. The van der Waals surface area contributed by atoms with E-state index >= 15 is 0 Å². The van der Waals surface area contributed by atoms with Gasteiger partial charge in [0.1, 0.15) is 0 Å². The summed E-state index contributed by atoms with van der Waals surface area (Å²) in [5.41, 5.74) is 1.32. The van der Waals surface area contributed by atoms with E-state index in [0.717, 1.165) is 12.1 Å². The van der Waals surface area contributed by atoms with Crippen molar-refractivity contribution in [1.29, 1.82) is 0 Å². The van der Waals surface area contributed by atoms with Crippen LogP contribution in [0.15, 0.2) is 47.4 Å². The van der Waals surface area contributed by atoms with E-state index in [9.17, 15) is 9.90 Å². The summed E-state index contributed by atoms with van der Waals surface area (Å²) in [6.45, 7) is 3.07. The lowest BCUT2D eigenvalue weighted by Crippen LogP contribution is -2.24. The molecule has 1 aliphatic heterocycles. The van der Waals surface area contributed by atoms with Gasteiger partial charge in [0.25, 0.3) is 5.56 Å². The summed E-state index contributed by atoms with van der Waals surface area (Å²) in [7, 11) is 0. The standard InChI is InChI=1S/C16H18N2O3/c19-15-14(11-17-8-9-21-12-17)6-7-18(16(15)20)10-13-4-2-1-3-5-13/h1-7,19H,8-12H2. The molecule has 1 saturated heterocycles. The predicted molar refractivity (Wildman–Crippen MR) is 79.1 cm³/mol. The Hall–Kier alpha value is -2.11. The number of hydrogen-bond acceptors (Lipinski definition) is 4. The molecule has 2 aromatic rings. The Labute approximate surface area is 123 Å². The molecule has 110 valence electrons. The van der Waals surface area contributed by atoms with Gasteiger partial charge < -0.3 is 14.4 Å². The Morgan fingerprint density at radius 2 is 1.95 bits per heavy atom. The number of pyridine rings is 1. The van der Waals surface area contributed by atoms with Crippen LogP contribution < -0.4 is 5.56 Å². The van der Waals surface area contributed by atoms with Crippen molar-refractivity contribution in [2.75, 3.05) is 19.9 Å². The zero-order valence-electron chi connectivity index (χ0n) is 11.7. The molecule has 0 bridgehead atoms. The van der Waals surface area contributed by atoms with Gasteiger partial charge in [-0.3, -0.25) is 9.69 Å². The first-order valence-electron chi connectivity index (χ1n) is 6.99. The number of ether oxygens (including phenoxy) is 1. The Morgan fingerprint density at radius 1 is 1.14 bits per heavy atom. The molecule has 1 aromatic carbocycles. The largest absolute Gasteiger partial charge is 0.503 e. The summed E-state index contributed by atoms with van der Waals surface area (Å²) >= 11 is 0. The van der Waals surface area contributed by atoms with Crippen LogP contribution >= 0.6 is 0 Å². The van der Waals surface area contributed by atoms with E-state index < -0.39 is 0 Å². The first kappa shape index (κ1) is 13.9. The maximum atomic E-state index is 12.2. The molecule has 0 saturated carbocycles. The number of hydrogen-bond donors (Lipinski definition) is 1. The van der Waals surface area contributed by atoms with Crippen LogP contribution in [0.1, 0.15) is 11.1 Å². The highest BCUT2D eigenvalue weighted by Gasteiger charge is 2.16. The van der Waals surface area contributed by atoms with Gasteiger partial charge in [-0.25, -0.2) is 0 Å². The van der Waals surface area contributed by atoms with Crippen LogP contribution in [0.25, 0.3) is 0 Å². The highest BCUT2D eigenvalue weighted by atomic mass is 16.5. The summed E-state index contributed by atoms with van der Waals surface area (Å²) < 4.78 is 6.79. The third-order valence-electron chi connectivity index (χ3n) is 3.64. The molecular formula is C16H18N2O3. The van der Waals surface area contributed by atoms with Gasteiger partial charge in [-0.15, -0.1) is 0 Å². The fraction of sp³-hybridized carbons (Fsp3) is 0.312. The fourth-order valence-electron chi connectivity index (χ4n) is 2.45. The number of aromatic hydroxyl groups is 1. The zero-order chi connectivity index (χ0) is 14.7. The van der Waals surface area contributed by atoms with E-state index in [1.807, 2.05) is 30.3 Å². The molecule has 1 aliphatic rings. The summed E-state index contributed by atoms with van der Waals surface area (Å²) in [6, 6.07) is 11.5. The van der Waals surface area contributed by atoms with Crippen LogP contribution in [0.5, 0.6) is 5.75 Å². The van der Waals surface area contributed by atoms with Gasteiger partial charge in [-0.2, -0.15) is 0 Å². The van der Waals surface area contributed by atoms with Gasteiger partial charge in [0.05, 0.1) is 19.9 Å². The van der Waals surface area contributed by atoms with Crippen molar-refractivity contribution in [2.45, 2.75) is 13.1 Å². The third-order valence-corrected chi connectivity index (χ3v) is 3.64. The molecule has 0 aliphatic carbocycles. The number of nitrogens with zero attached hydrogens (tertiary/aromatic N) is 2. The minimum atomic E-state index is -0.350. The summed E-state index contributed by atoms with van der Waals surface area (Å²) in [5.74, 6) is -0.166. The summed E-state index contributed by atoms with van der Waals surface area (Å²) in [6.07, 6.45) is 1.74. The SMILES string of the molecule is O=c1c(O)c(CN2CCOC2)ccn1Cc1ccccc1. The highest BCUT2D eigenvalue weighted by molar-refractivity contribution is 5.29. The molecule has 1 N–H and O–H groups in total. The van der Waals surface area contributed by atoms with Gasteiger partial charge in [-0.05, 0) is 11.6 Å². The van der Waals surface area contributed by atoms with Crippen LogP contribution in [-0.2, 0) is 17.8 Å². The first-order chi connectivity index (χ1) is 10.2. The minimum Gasteiger partial charge on any atom is -0.503 e. The molecule has 5 heteroatoms. The molecule has 0 amide bonds. The molecule has 1 aromatic heterocycles. The maximum Gasteiger partial charge on any atom is 0.293 e. The third kappa shape index (κ3) is 3.15. The van der Waals surface area contributed by atoms with Crippen molar-refractivity contribution in [2.24, 2.45) is 0 Å². The molecule has 2 heterocycles. The van der Waals surface area contributed by atoms with Crippen LogP contribution in [-0.4, -0.2) is 34.5 Å². The second kappa shape index (κ2) is 6.11. The van der Waals surface area contributed by atoms with Crippen LogP contribution in [0, 0.1) is 0 Å². The molecule has 21 heavy (non-hydrogen) atoms. The molecule has 0 atom stereocenters. The van der Waals surface area contributed by atoms with Crippen molar-refractivity contribution < 1.29 is 9.84 Å². The summed E-state index contributed by atoms with van der Waals surface area (Å²) in [4.78, 5) is 14.3. The normalized spacial score (nSPS) is 15.4. The van der Waals surface area contributed by atoms with Gasteiger partial charge in [0, 0.05) is 24.8 Å². The van der Waals surface area contributed by atoms with Gasteiger partial charge in [0.15, 0.2) is 5.75 Å². The maximum absolute atomic E-state index is 12.2. The second-order valence-electron chi connectivity index (χ2n) is 5.20. The lowest BCUT2D eigenvalue weighted by molar-refractivity contribution is 0.136. The monoisotopic (exact) mass is 286 g/mol. The van der Waals surface area contributed by atoms with Crippen LogP contribution in [0.3, 0.4) is 0 Å². The summed E-state index contributed by atoms with van der Waals surface area (Å²) in [5, 5.41) is 10.1. The predicted octanol–water partition coefficient (Wildman–Crippen LogP) is 1.39. The van der Waals surface area contributed by atoms with E-state index in [1.165, 1.54) is 4.57 Å². The van der Waals surface area contributed by atoms with Gasteiger partial charge in [0.2, 0.25) is 0 Å². The number of benzene rings is 1. The van der Waals surface area contributed by atoms with E-state index in [2.05, 4.69) is 4.90 Å². The van der Waals surface area contributed by atoms with E-state index in [0.29, 0.717) is 32.0 Å². The van der Waals surface area contributed by atoms with Crippen LogP contribution in [0.4, 0.5) is 0 Å². The molecule has 0 unspecified atom stereocenters. The van der Waals surface area contributed by atoms with Crippen molar-refractivity contribution in [1.82, 2.24) is 9.47 Å². The molecule has 0 radical (unpaired) electrons. The smallest absolute Gasteiger partial charge is 0.293 e. The van der Waals surface area contributed by atoms with Crippen molar-refractivity contribution in [3.05, 3.63) is 64.1 Å². The molecule has 1 fully saturated rings. The fourth-order valence-corrected chi connectivity index (χ4v) is 2.45. The topological polar surface area (TPSA) is 54.7 Å². The lowest BCUT2D eigenvalue weighted by Gasteiger charge is -2.15. The van der Waals surface area contributed by atoms with Crippen LogP contribution in [0.2, 0.25) is 0 Å². The van der Waals surface area contributed by atoms with E-state index in [1.54, 1.807) is 12.3 Å². The van der Waals surface area contributed by atoms with Gasteiger partial charge in [-0.1, -0.05) is 30.3 Å². The molecule has 5 nitrogen and oxygen atoms in total. The van der Waals surface area contributed by atoms with E-state index in [4.69, 9.17) is 4.74 Å². The van der Waals surface area contributed by atoms with Crippen molar-refractivity contribution >= 4 is 0 Å². The van der Waals surface area contributed by atoms with Crippen molar-refractivity contribution in [3.63, 3.8) is 0 Å². The minimum absolute atomic E-state index is 0.166. The molecule has 3 rings (SSSR count). The Morgan fingerprint density at radius 3 is 2.67 bits per heavy atom. The second-order valence-corrected chi connectivity index (χ2v) is 5.20. The van der Waals surface area contributed by atoms with E-state index in [-0.39, 0.29) is 11.3 Å². The number of rotatable bonds is 4. The average Bonchev–Trinajstić information content (AvgIpc) is 3.01.